The van der Waals surface area contributed by atoms with Gasteiger partial charge in [0.25, 0.3) is 5.91 Å². The topological polar surface area (TPSA) is 102 Å². The zero-order chi connectivity index (χ0) is 35.8. The maximum atomic E-state index is 13.9. The molecule has 2 aromatic carbocycles. The van der Waals surface area contributed by atoms with E-state index in [0.29, 0.717) is 35.0 Å². The first-order chi connectivity index (χ1) is 25.0. The number of esters is 1. The first-order valence-corrected chi connectivity index (χ1v) is 19.6. The maximum absolute atomic E-state index is 13.9. The zero-order valence-corrected chi connectivity index (χ0v) is 31.3. The van der Waals surface area contributed by atoms with E-state index in [0.717, 1.165) is 68.9 Å². The number of carbonyl (C=O) groups excluding carboxylic acids is 2. The summed E-state index contributed by atoms with van der Waals surface area (Å²) < 4.78 is 9.17. The second-order valence-corrected chi connectivity index (χ2v) is 17.9. The number of para-hydroxylation sites is 1. The van der Waals surface area contributed by atoms with Gasteiger partial charge in [-0.3, -0.25) is 14.8 Å². The van der Waals surface area contributed by atoms with Crippen molar-refractivity contribution in [3.8, 4) is 11.1 Å². The number of thiazole rings is 1. The van der Waals surface area contributed by atoms with Crippen LogP contribution < -0.4 is 10.2 Å². The van der Waals surface area contributed by atoms with Gasteiger partial charge in [0.1, 0.15) is 11.4 Å². The minimum Gasteiger partial charge on any atom is -0.455 e. The van der Waals surface area contributed by atoms with Crippen molar-refractivity contribution in [2.45, 2.75) is 91.3 Å². The minimum atomic E-state index is -0.681. The lowest BCUT2D eigenvalue weighted by molar-refractivity contribution is -0.0638. The van der Waals surface area contributed by atoms with Crippen LogP contribution in [0.3, 0.4) is 0 Å². The van der Waals surface area contributed by atoms with E-state index in [-0.39, 0.29) is 11.6 Å². The van der Waals surface area contributed by atoms with Crippen molar-refractivity contribution in [3.63, 3.8) is 0 Å². The molecule has 4 bridgehead atoms. The predicted octanol–water partition coefficient (Wildman–Crippen LogP) is 8.85. The molecule has 0 unspecified atom stereocenters. The Kier molecular flexibility index (Phi) is 8.02. The van der Waals surface area contributed by atoms with E-state index in [1.165, 1.54) is 49.9 Å². The average Bonchev–Trinajstić information content (AvgIpc) is 3.67. The molecular formula is C42H46N6O3S. The van der Waals surface area contributed by atoms with Gasteiger partial charge in [0, 0.05) is 42.0 Å². The molecular weight excluding hydrogens is 669 g/mol. The van der Waals surface area contributed by atoms with Gasteiger partial charge in [0.15, 0.2) is 10.8 Å². The summed E-state index contributed by atoms with van der Waals surface area (Å²) in [5, 5.41) is 8.55. The normalized spacial score (nSPS) is 23.5. The highest BCUT2D eigenvalue weighted by Gasteiger charge is 2.51. The van der Waals surface area contributed by atoms with Crippen LogP contribution in [0.15, 0.2) is 60.8 Å². The third kappa shape index (κ3) is 6.18. The van der Waals surface area contributed by atoms with Crippen molar-refractivity contribution in [3.05, 3.63) is 88.9 Å². The number of fused-ring (bicyclic) bond motifs is 2. The lowest BCUT2D eigenvalue weighted by Gasteiger charge is -2.56. The summed E-state index contributed by atoms with van der Waals surface area (Å²) in [5.41, 5.74) is 6.24. The largest absolute Gasteiger partial charge is 0.455 e. The van der Waals surface area contributed by atoms with E-state index in [9.17, 15) is 9.59 Å². The summed E-state index contributed by atoms with van der Waals surface area (Å²) in [4.78, 5) is 39.4. The third-order valence-corrected chi connectivity index (χ3v) is 12.8. The van der Waals surface area contributed by atoms with Gasteiger partial charge in [-0.25, -0.2) is 14.8 Å². The molecule has 9 nitrogen and oxygen atoms in total. The Morgan fingerprint density at radius 3 is 2.42 bits per heavy atom. The van der Waals surface area contributed by atoms with Crippen molar-refractivity contribution in [1.82, 2.24) is 19.7 Å². The first-order valence-electron chi connectivity index (χ1n) is 18.8. The SMILES string of the molecule is Cc1c(-c2ccc(N3CCc4cccc(C(=O)Nc5nc6ccccc6s5)c4C3)nc2C(=O)OC(C)(C)C)cnn1CC12CC3CC(CC(C3)C1)C2. The highest BCUT2D eigenvalue weighted by atomic mass is 32.1. The fourth-order valence-corrected chi connectivity index (χ4v) is 10.9. The quantitative estimate of drug-likeness (QED) is 0.168. The molecule has 3 aromatic heterocycles. The molecule has 1 amide bonds. The summed E-state index contributed by atoms with van der Waals surface area (Å²) in [6.07, 6.45) is 10.9. The number of aromatic nitrogens is 4. The number of hydrogen-bond acceptors (Lipinski definition) is 8. The number of benzene rings is 2. The van der Waals surface area contributed by atoms with E-state index in [1.54, 1.807) is 0 Å². The van der Waals surface area contributed by atoms with Crippen LogP contribution in [-0.4, -0.2) is 43.8 Å². The smallest absolute Gasteiger partial charge is 0.358 e. The number of nitrogens with one attached hydrogen (secondary N) is 1. The number of pyridine rings is 1. The molecule has 1 aliphatic heterocycles. The molecule has 1 N–H and O–H groups in total. The number of rotatable bonds is 7. The number of anilines is 2. The zero-order valence-electron chi connectivity index (χ0n) is 30.4. The molecule has 0 saturated heterocycles. The molecule has 4 aliphatic carbocycles. The van der Waals surface area contributed by atoms with Crippen molar-refractivity contribution >= 4 is 44.4 Å². The van der Waals surface area contributed by atoms with Crippen LogP contribution in [-0.2, 0) is 24.2 Å². The molecule has 5 aromatic rings. The highest BCUT2D eigenvalue weighted by Crippen LogP contribution is 2.60. The Labute approximate surface area is 308 Å². The molecule has 10 heteroatoms. The Morgan fingerprint density at radius 1 is 0.942 bits per heavy atom. The Morgan fingerprint density at radius 2 is 1.69 bits per heavy atom. The van der Waals surface area contributed by atoms with Crippen LogP contribution in [0.2, 0.25) is 0 Å². The summed E-state index contributed by atoms with van der Waals surface area (Å²) in [5.74, 6) is 2.67. The average molecular weight is 715 g/mol. The van der Waals surface area contributed by atoms with Crippen LogP contribution in [0.25, 0.3) is 21.3 Å². The standard InChI is InChI=1S/C42H46N6O3S/c1-25-32(22-43-48(25)24-42-19-26-16-27(20-42)18-28(17-26)21-42)30-12-13-36(45-37(30)39(50)51-41(2,3)4)47-15-14-29-8-7-9-31(33(29)23-47)38(49)46-40-44-34-10-5-6-11-35(34)52-40/h5-13,22,26-28H,14-21,23-24H2,1-4H3,(H,44,46,49). The maximum Gasteiger partial charge on any atom is 0.358 e. The Hall–Kier alpha value is -4.57. The van der Waals surface area contributed by atoms with Gasteiger partial charge in [-0.1, -0.05) is 35.6 Å². The minimum absolute atomic E-state index is 0.184. The molecule has 268 valence electrons. The summed E-state index contributed by atoms with van der Waals surface area (Å²) in [6.45, 7) is 9.90. The van der Waals surface area contributed by atoms with Crippen LogP contribution in [0, 0.1) is 30.1 Å². The second-order valence-electron chi connectivity index (χ2n) is 16.8. The lowest BCUT2D eigenvalue weighted by Crippen LogP contribution is -2.48. The summed E-state index contributed by atoms with van der Waals surface area (Å²) in [7, 11) is 0. The molecule has 5 aliphatic rings. The van der Waals surface area contributed by atoms with E-state index in [4.69, 9.17) is 14.8 Å². The van der Waals surface area contributed by atoms with E-state index in [1.807, 2.05) is 75.5 Å². The summed E-state index contributed by atoms with van der Waals surface area (Å²) >= 11 is 1.47. The monoisotopic (exact) mass is 714 g/mol. The molecule has 4 heterocycles. The lowest BCUT2D eigenvalue weighted by atomic mass is 9.49. The number of hydrogen-bond donors (Lipinski definition) is 1. The van der Waals surface area contributed by atoms with Crippen LogP contribution in [0.1, 0.15) is 97.0 Å². The number of nitrogens with zero attached hydrogens (tertiary/aromatic N) is 5. The number of carbonyl (C=O) groups is 2. The van der Waals surface area contributed by atoms with Gasteiger partial charge in [-0.05, 0) is 137 Å². The number of ether oxygens (including phenoxy) is 1. The van der Waals surface area contributed by atoms with Gasteiger partial charge in [-0.15, -0.1) is 0 Å². The molecule has 52 heavy (non-hydrogen) atoms. The van der Waals surface area contributed by atoms with E-state index < -0.39 is 11.6 Å². The van der Waals surface area contributed by atoms with Crippen LogP contribution in [0.5, 0.6) is 0 Å². The molecule has 4 saturated carbocycles. The van der Waals surface area contributed by atoms with E-state index in [2.05, 4.69) is 32.9 Å². The Bertz CT molecular complexity index is 2140. The third-order valence-electron chi connectivity index (χ3n) is 11.9. The number of amides is 1. The van der Waals surface area contributed by atoms with E-state index >= 15 is 0 Å². The van der Waals surface area contributed by atoms with Gasteiger partial charge < -0.3 is 9.64 Å². The molecule has 0 radical (unpaired) electrons. The van der Waals surface area contributed by atoms with Crippen molar-refractivity contribution in [2.24, 2.45) is 23.2 Å². The fraction of sp³-hybridized carbons (Fsp3) is 0.452. The van der Waals surface area contributed by atoms with Crippen molar-refractivity contribution < 1.29 is 14.3 Å². The van der Waals surface area contributed by atoms with Gasteiger partial charge in [0.2, 0.25) is 0 Å². The highest BCUT2D eigenvalue weighted by molar-refractivity contribution is 7.22. The summed E-state index contributed by atoms with van der Waals surface area (Å²) in [6, 6.07) is 17.8. The van der Waals surface area contributed by atoms with Crippen LogP contribution >= 0.6 is 11.3 Å². The molecule has 0 atom stereocenters. The van der Waals surface area contributed by atoms with Gasteiger partial charge >= 0.3 is 5.97 Å². The van der Waals surface area contributed by atoms with Gasteiger partial charge in [-0.2, -0.15) is 5.10 Å². The molecule has 4 fully saturated rings. The molecule has 0 spiro atoms. The van der Waals surface area contributed by atoms with Crippen molar-refractivity contribution in [1.29, 1.82) is 0 Å². The van der Waals surface area contributed by atoms with Crippen molar-refractivity contribution in [2.75, 3.05) is 16.8 Å². The second kappa shape index (κ2) is 12.5. The first kappa shape index (κ1) is 33.3. The van der Waals surface area contributed by atoms with Crippen LogP contribution in [0.4, 0.5) is 10.9 Å². The van der Waals surface area contributed by atoms with Gasteiger partial charge in [0.05, 0.1) is 16.4 Å². The fourth-order valence-electron chi connectivity index (χ4n) is 10.1. The molecule has 10 rings (SSSR count). The predicted molar refractivity (Wildman–Crippen MR) is 205 cm³/mol. The Balaban J connectivity index is 1.01.